The summed E-state index contributed by atoms with van der Waals surface area (Å²) >= 11 is 1.57. The molecule has 0 saturated carbocycles. The molecule has 5 heteroatoms. The summed E-state index contributed by atoms with van der Waals surface area (Å²) in [5, 5.41) is 2.93. The van der Waals surface area contributed by atoms with Crippen LogP contribution in [0.1, 0.15) is 41.6 Å². The van der Waals surface area contributed by atoms with Crippen LogP contribution in [0.4, 0.5) is 5.69 Å². The van der Waals surface area contributed by atoms with E-state index in [1.54, 1.807) is 17.8 Å². The fraction of sp³-hybridized carbons (Fsp3) is 0.364. The molecule has 1 fully saturated rings. The van der Waals surface area contributed by atoms with E-state index in [2.05, 4.69) is 17.4 Å². The van der Waals surface area contributed by atoms with E-state index in [1.807, 2.05) is 41.3 Å². The maximum atomic E-state index is 12.9. The molecule has 1 aliphatic heterocycles. The van der Waals surface area contributed by atoms with E-state index in [4.69, 9.17) is 0 Å². The second-order valence-corrected chi connectivity index (χ2v) is 7.76. The minimum Gasteiger partial charge on any atom is -0.339 e. The van der Waals surface area contributed by atoms with Crippen LogP contribution in [0, 0.1) is 0 Å². The molecule has 0 radical (unpaired) electrons. The standard InChI is InChI=1S/C22H26N2O2S/c25-21(17-27-16-18-10-4-3-5-11-18)23-20-13-7-6-12-19(20)22(26)24-14-8-1-2-9-15-24/h3-7,10-13H,1-2,8-9,14-17H2,(H,23,25). The Labute approximate surface area is 165 Å². The Morgan fingerprint density at radius 1 is 0.889 bits per heavy atom. The highest BCUT2D eigenvalue weighted by Crippen LogP contribution is 2.20. The Morgan fingerprint density at radius 2 is 1.56 bits per heavy atom. The number of anilines is 1. The van der Waals surface area contributed by atoms with E-state index in [0.717, 1.165) is 31.7 Å². The Hall–Kier alpha value is -2.27. The summed E-state index contributed by atoms with van der Waals surface area (Å²) in [6, 6.07) is 17.4. The highest BCUT2D eigenvalue weighted by atomic mass is 32.2. The first-order valence-electron chi connectivity index (χ1n) is 9.54. The van der Waals surface area contributed by atoms with Crippen LogP contribution in [0.3, 0.4) is 0 Å². The molecule has 2 aromatic carbocycles. The van der Waals surface area contributed by atoms with E-state index in [-0.39, 0.29) is 11.8 Å². The van der Waals surface area contributed by atoms with Crippen LogP contribution in [0.2, 0.25) is 0 Å². The van der Waals surface area contributed by atoms with E-state index < -0.39 is 0 Å². The fourth-order valence-electron chi connectivity index (χ4n) is 3.24. The molecule has 2 aromatic rings. The molecule has 2 amide bonds. The largest absolute Gasteiger partial charge is 0.339 e. The predicted molar refractivity (Wildman–Crippen MR) is 112 cm³/mol. The second-order valence-electron chi connectivity index (χ2n) is 6.78. The second kappa shape index (κ2) is 10.2. The summed E-state index contributed by atoms with van der Waals surface area (Å²) in [5.41, 5.74) is 2.39. The van der Waals surface area contributed by atoms with Gasteiger partial charge in [0.15, 0.2) is 0 Å². The first kappa shape index (κ1) is 19.5. The Bertz CT molecular complexity index is 756. The highest BCUT2D eigenvalue weighted by Gasteiger charge is 2.20. The third-order valence-corrected chi connectivity index (χ3v) is 5.67. The lowest BCUT2D eigenvalue weighted by Crippen LogP contribution is -2.32. The number of thioether (sulfide) groups is 1. The van der Waals surface area contributed by atoms with Gasteiger partial charge >= 0.3 is 0 Å². The van der Waals surface area contributed by atoms with Crippen LogP contribution < -0.4 is 5.32 Å². The monoisotopic (exact) mass is 382 g/mol. The zero-order valence-corrected chi connectivity index (χ0v) is 16.3. The molecule has 0 spiro atoms. The van der Waals surface area contributed by atoms with E-state index >= 15 is 0 Å². The van der Waals surface area contributed by atoms with Gasteiger partial charge in [0, 0.05) is 18.8 Å². The van der Waals surface area contributed by atoms with Gasteiger partial charge in [-0.05, 0) is 30.5 Å². The lowest BCUT2D eigenvalue weighted by Gasteiger charge is -2.22. The number of amides is 2. The van der Waals surface area contributed by atoms with E-state index in [9.17, 15) is 9.59 Å². The maximum absolute atomic E-state index is 12.9. The molecule has 0 unspecified atom stereocenters. The molecule has 4 nitrogen and oxygen atoms in total. The fourth-order valence-corrected chi connectivity index (χ4v) is 4.03. The minimum atomic E-state index is -0.0768. The van der Waals surface area contributed by atoms with Crippen molar-refractivity contribution in [1.82, 2.24) is 4.90 Å². The summed E-state index contributed by atoms with van der Waals surface area (Å²) in [5.74, 6) is 1.10. The lowest BCUT2D eigenvalue weighted by atomic mass is 10.1. The summed E-state index contributed by atoms with van der Waals surface area (Å²) in [7, 11) is 0. The number of likely N-dealkylation sites (tertiary alicyclic amines) is 1. The average Bonchev–Trinajstić information content (AvgIpc) is 2.98. The summed E-state index contributed by atoms with van der Waals surface area (Å²) < 4.78 is 0. The van der Waals surface area contributed by atoms with Gasteiger partial charge in [-0.25, -0.2) is 0 Å². The molecule has 1 heterocycles. The summed E-state index contributed by atoms with van der Waals surface area (Å²) in [6.07, 6.45) is 4.47. The van der Waals surface area contributed by atoms with Crippen molar-refractivity contribution >= 4 is 29.3 Å². The van der Waals surface area contributed by atoms with Crippen LogP contribution in [-0.4, -0.2) is 35.6 Å². The molecule has 1 aliphatic rings. The molecule has 142 valence electrons. The van der Waals surface area contributed by atoms with Gasteiger partial charge in [-0.2, -0.15) is 0 Å². The van der Waals surface area contributed by atoms with Crippen molar-refractivity contribution in [1.29, 1.82) is 0 Å². The number of benzene rings is 2. The summed E-state index contributed by atoms with van der Waals surface area (Å²) in [6.45, 7) is 1.60. The molecule has 1 N–H and O–H groups in total. The van der Waals surface area contributed by atoms with Crippen molar-refractivity contribution in [3.8, 4) is 0 Å². The number of carbonyl (C=O) groups excluding carboxylic acids is 2. The van der Waals surface area contributed by atoms with Gasteiger partial charge in [-0.3, -0.25) is 9.59 Å². The van der Waals surface area contributed by atoms with E-state index in [0.29, 0.717) is 17.0 Å². The smallest absolute Gasteiger partial charge is 0.255 e. The molecule has 0 aliphatic carbocycles. The maximum Gasteiger partial charge on any atom is 0.255 e. The van der Waals surface area contributed by atoms with Crippen LogP contribution in [0.25, 0.3) is 0 Å². The van der Waals surface area contributed by atoms with Gasteiger partial charge < -0.3 is 10.2 Å². The molecule has 0 aromatic heterocycles. The Morgan fingerprint density at radius 3 is 2.30 bits per heavy atom. The zero-order chi connectivity index (χ0) is 18.9. The summed E-state index contributed by atoms with van der Waals surface area (Å²) in [4.78, 5) is 27.2. The third-order valence-electron chi connectivity index (χ3n) is 4.67. The van der Waals surface area contributed by atoms with Gasteiger partial charge in [0.25, 0.3) is 5.91 Å². The van der Waals surface area contributed by atoms with Crippen molar-refractivity contribution in [2.75, 3.05) is 24.2 Å². The third kappa shape index (κ3) is 5.86. The molecular weight excluding hydrogens is 356 g/mol. The van der Waals surface area contributed by atoms with Crippen LogP contribution in [0.15, 0.2) is 54.6 Å². The van der Waals surface area contributed by atoms with Gasteiger partial charge in [0.05, 0.1) is 17.0 Å². The van der Waals surface area contributed by atoms with Crippen LogP contribution in [-0.2, 0) is 10.5 Å². The number of hydrogen-bond donors (Lipinski definition) is 1. The highest BCUT2D eigenvalue weighted by molar-refractivity contribution is 7.99. The van der Waals surface area contributed by atoms with Crippen molar-refractivity contribution in [2.24, 2.45) is 0 Å². The number of carbonyl (C=O) groups is 2. The molecule has 27 heavy (non-hydrogen) atoms. The van der Waals surface area contributed by atoms with Gasteiger partial charge in [-0.1, -0.05) is 55.3 Å². The number of para-hydroxylation sites is 1. The number of rotatable bonds is 6. The normalized spacial score (nSPS) is 14.4. The Balaban J connectivity index is 1.58. The molecule has 3 rings (SSSR count). The Kier molecular flexibility index (Phi) is 7.34. The SMILES string of the molecule is O=C(CSCc1ccccc1)Nc1ccccc1C(=O)N1CCCCCC1. The number of nitrogens with zero attached hydrogens (tertiary/aromatic N) is 1. The first-order chi connectivity index (χ1) is 13.2. The lowest BCUT2D eigenvalue weighted by molar-refractivity contribution is -0.113. The van der Waals surface area contributed by atoms with Crippen LogP contribution in [0.5, 0.6) is 0 Å². The number of hydrogen-bond acceptors (Lipinski definition) is 3. The van der Waals surface area contributed by atoms with Crippen molar-refractivity contribution in [3.63, 3.8) is 0 Å². The van der Waals surface area contributed by atoms with Crippen molar-refractivity contribution < 1.29 is 9.59 Å². The predicted octanol–water partition coefficient (Wildman–Crippen LogP) is 4.57. The van der Waals surface area contributed by atoms with Crippen molar-refractivity contribution in [3.05, 3.63) is 65.7 Å². The molecule has 1 saturated heterocycles. The first-order valence-corrected chi connectivity index (χ1v) is 10.7. The molecule has 0 atom stereocenters. The molecule has 0 bridgehead atoms. The minimum absolute atomic E-state index is 0.0183. The molecular formula is C22H26N2O2S. The average molecular weight is 383 g/mol. The van der Waals surface area contributed by atoms with Gasteiger partial charge in [-0.15, -0.1) is 11.8 Å². The van der Waals surface area contributed by atoms with Gasteiger partial charge in [0.1, 0.15) is 0 Å². The zero-order valence-electron chi connectivity index (χ0n) is 15.5. The van der Waals surface area contributed by atoms with Crippen LogP contribution >= 0.6 is 11.8 Å². The van der Waals surface area contributed by atoms with E-state index in [1.165, 1.54) is 18.4 Å². The topological polar surface area (TPSA) is 49.4 Å². The van der Waals surface area contributed by atoms with Gasteiger partial charge in [0.2, 0.25) is 5.91 Å². The quantitative estimate of drug-likeness (QED) is 0.796. The van der Waals surface area contributed by atoms with Crippen molar-refractivity contribution in [2.45, 2.75) is 31.4 Å². The number of nitrogens with one attached hydrogen (secondary N) is 1.